The van der Waals surface area contributed by atoms with E-state index in [2.05, 4.69) is 24.1 Å². The summed E-state index contributed by atoms with van der Waals surface area (Å²) in [6.45, 7) is 6.21. The average Bonchev–Trinajstić information content (AvgIpc) is 2.93. The van der Waals surface area contributed by atoms with Crippen LogP contribution in [-0.2, 0) is 14.4 Å². The molecule has 0 unspecified atom stereocenters. The van der Waals surface area contributed by atoms with Gasteiger partial charge in [0.25, 0.3) is 0 Å². The van der Waals surface area contributed by atoms with Crippen molar-refractivity contribution >= 4 is 29.1 Å². The van der Waals surface area contributed by atoms with E-state index in [9.17, 15) is 14.4 Å². The van der Waals surface area contributed by atoms with E-state index in [1.54, 1.807) is 0 Å². The second-order valence-electron chi connectivity index (χ2n) is 7.00. The average molecular weight is 369 g/mol. The van der Waals surface area contributed by atoms with Gasteiger partial charge >= 0.3 is 0 Å². The van der Waals surface area contributed by atoms with Gasteiger partial charge in [-0.3, -0.25) is 19.3 Å². The lowest BCUT2D eigenvalue weighted by Gasteiger charge is -2.21. The van der Waals surface area contributed by atoms with E-state index in [0.717, 1.165) is 18.8 Å². The van der Waals surface area contributed by atoms with Crippen LogP contribution in [0.4, 0.5) is 11.4 Å². The molecule has 0 spiro atoms. The Labute approximate surface area is 160 Å². The van der Waals surface area contributed by atoms with Crippen molar-refractivity contribution < 1.29 is 14.4 Å². The van der Waals surface area contributed by atoms with Crippen molar-refractivity contribution in [2.75, 3.05) is 29.9 Å². The number of nitrogens with zero attached hydrogens (tertiary/aromatic N) is 2. The Morgan fingerprint density at radius 1 is 1.04 bits per heavy atom. The zero-order valence-electron chi connectivity index (χ0n) is 16.0. The Morgan fingerprint density at radius 2 is 1.59 bits per heavy atom. The third kappa shape index (κ3) is 4.04. The molecule has 1 heterocycles. The highest BCUT2D eigenvalue weighted by Gasteiger charge is 2.46. The summed E-state index contributed by atoms with van der Waals surface area (Å²) in [5.41, 5.74) is 1.83. The summed E-state index contributed by atoms with van der Waals surface area (Å²) in [6.07, 6.45) is 5.28. The number of carbonyl (C=O) groups excluding carboxylic acids is 3. The van der Waals surface area contributed by atoms with E-state index in [1.165, 1.54) is 4.90 Å². The minimum Gasteiger partial charge on any atom is -0.372 e. The van der Waals surface area contributed by atoms with Crippen molar-refractivity contribution in [2.24, 2.45) is 11.8 Å². The molecule has 6 heteroatoms. The molecule has 1 aromatic carbocycles. The van der Waals surface area contributed by atoms with Crippen LogP contribution in [0.25, 0.3) is 0 Å². The van der Waals surface area contributed by atoms with Crippen molar-refractivity contribution in [2.45, 2.75) is 33.1 Å². The number of benzene rings is 1. The zero-order valence-corrected chi connectivity index (χ0v) is 16.0. The first-order chi connectivity index (χ1) is 13.0. The highest BCUT2D eigenvalue weighted by Crippen LogP contribution is 2.35. The molecule has 3 rings (SSSR count). The minimum absolute atomic E-state index is 0.113. The monoisotopic (exact) mass is 369 g/mol. The first-order valence-corrected chi connectivity index (χ1v) is 9.70. The molecule has 1 N–H and O–H groups in total. The van der Waals surface area contributed by atoms with Crippen molar-refractivity contribution in [1.82, 2.24) is 4.90 Å². The van der Waals surface area contributed by atoms with E-state index in [-0.39, 0.29) is 42.5 Å². The van der Waals surface area contributed by atoms with Gasteiger partial charge < -0.3 is 10.2 Å². The highest BCUT2D eigenvalue weighted by molar-refractivity contribution is 6.05. The number of hydrogen-bond acceptors (Lipinski definition) is 4. The van der Waals surface area contributed by atoms with Crippen molar-refractivity contribution in [3.63, 3.8) is 0 Å². The Bertz CT molecular complexity index is 712. The molecule has 1 saturated heterocycles. The molecule has 1 aliphatic carbocycles. The van der Waals surface area contributed by atoms with Crippen LogP contribution in [0.15, 0.2) is 36.4 Å². The standard InChI is InChI=1S/C21H27N3O3/c1-3-23(4-2)16-11-9-15(10-12-16)22-19(25)13-14-24-20(26)17-7-5-6-8-18(17)21(24)27/h5-6,9-12,17-18H,3-4,7-8,13-14H2,1-2H3,(H,22,25)/t17-,18-/m0/s1. The normalized spacial score (nSPS) is 21.3. The van der Waals surface area contributed by atoms with Gasteiger partial charge in [0.15, 0.2) is 0 Å². The number of amides is 3. The molecule has 0 bridgehead atoms. The van der Waals surface area contributed by atoms with Gasteiger partial charge in [0.1, 0.15) is 0 Å². The second-order valence-corrected chi connectivity index (χ2v) is 7.00. The molecule has 2 atom stereocenters. The summed E-state index contributed by atoms with van der Waals surface area (Å²) in [5, 5.41) is 2.84. The number of anilines is 2. The summed E-state index contributed by atoms with van der Waals surface area (Å²) >= 11 is 0. The fourth-order valence-electron chi connectivity index (χ4n) is 3.87. The molecule has 3 amide bonds. The van der Waals surface area contributed by atoms with Crippen LogP contribution < -0.4 is 10.2 Å². The highest BCUT2D eigenvalue weighted by atomic mass is 16.2. The molecule has 6 nitrogen and oxygen atoms in total. The molecule has 0 saturated carbocycles. The van der Waals surface area contributed by atoms with E-state index >= 15 is 0 Å². The fraction of sp³-hybridized carbons (Fsp3) is 0.476. The molecule has 144 valence electrons. The summed E-state index contributed by atoms with van der Waals surface area (Å²) in [5.74, 6) is -0.938. The molecule has 27 heavy (non-hydrogen) atoms. The Kier molecular flexibility index (Phi) is 5.94. The zero-order chi connectivity index (χ0) is 19.4. The number of hydrogen-bond donors (Lipinski definition) is 1. The molecule has 1 aromatic rings. The first kappa shape index (κ1) is 19.1. The van der Waals surface area contributed by atoms with Crippen LogP contribution in [0.2, 0.25) is 0 Å². The molecular formula is C21H27N3O3. The maximum absolute atomic E-state index is 12.4. The number of rotatable bonds is 7. The first-order valence-electron chi connectivity index (χ1n) is 9.70. The van der Waals surface area contributed by atoms with Gasteiger partial charge in [-0.25, -0.2) is 0 Å². The third-order valence-electron chi connectivity index (χ3n) is 5.44. The number of carbonyl (C=O) groups is 3. The van der Waals surface area contributed by atoms with Gasteiger partial charge in [0.05, 0.1) is 11.8 Å². The van der Waals surface area contributed by atoms with Gasteiger partial charge in [-0.2, -0.15) is 0 Å². The Morgan fingerprint density at radius 3 is 2.11 bits per heavy atom. The molecular weight excluding hydrogens is 342 g/mol. The second kappa shape index (κ2) is 8.37. The summed E-state index contributed by atoms with van der Waals surface area (Å²) in [6, 6.07) is 7.71. The fourth-order valence-corrected chi connectivity index (χ4v) is 3.87. The smallest absolute Gasteiger partial charge is 0.233 e. The topological polar surface area (TPSA) is 69.7 Å². The van der Waals surface area contributed by atoms with E-state index in [4.69, 9.17) is 0 Å². The van der Waals surface area contributed by atoms with Gasteiger partial charge in [0, 0.05) is 37.4 Å². The van der Waals surface area contributed by atoms with Gasteiger partial charge in [-0.1, -0.05) is 12.2 Å². The lowest BCUT2D eigenvalue weighted by molar-refractivity contribution is -0.140. The SMILES string of the molecule is CCN(CC)c1ccc(NC(=O)CCN2C(=O)[C@H]3CC=CC[C@@H]3C2=O)cc1. The number of likely N-dealkylation sites (tertiary alicyclic amines) is 1. The number of fused-ring (bicyclic) bond motifs is 1. The summed E-state index contributed by atoms with van der Waals surface area (Å²) in [4.78, 5) is 40.6. The molecule has 0 aromatic heterocycles. The maximum Gasteiger partial charge on any atom is 0.233 e. The van der Waals surface area contributed by atoms with Gasteiger partial charge in [0.2, 0.25) is 17.7 Å². The molecule has 0 radical (unpaired) electrons. The van der Waals surface area contributed by atoms with Crippen LogP contribution in [0.5, 0.6) is 0 Å². The predicted molar refractivity (Wildman–Crippen MR) is 105 cm³/mol. The van der Waals surface area contributed by atoms with Crippen molar-refractivity contribution in [3.05, 3.63) is 36.4 Å². The largest absolute Gasteiger partial charge is 0.372 e. The van der Waals surface area contributed by atoms with Crippen LogP contribution in [0.1, 0.15) is 33.1 Å². The maximum atomic E-state index is 12.4. The van der Waals surface area contributed by atoms with E-state index in [0.29, 0.717) is 18.5 Å². The summed E-state index contributed by atoms with van der Waals surface area (Å²) in [7, 11) is 0. The van der Waals surface area contributed by atoms with Crippen molar-refractivity contribution in [3.8, 4) is 0 Å². The van der Waals surface area contributed by atoms with Crippen LogP contribution >= 0.6 is 0 Å². The number of imide groups is 1. The van der Waals surface area contributed by atoms with Crippen molar-refractivity contribution in [1.29, 1.82) is 0 Å². The lowest BCUT2D eigenvalue weighted by Crippen LogP contribution is -2.34. The third-order valence-corrected chi connectivity index (χ3v) is 5.44. The summed E-state index contributed by atoms with van der Waals surface area (Å²) < 4.78 is 0. The van der Waals surface area contributed by atoms with Gasteiger partial charge in [-0.15, -0.1) is 0 Å². The lowest BCUT2D eigenvalue weighted by atomic mass is 9.85. The van der Waals surface area contributed by atoms with Crippen LogP contribution in [0, 0.1) is 11.8 Å². The van der Waals surface area contributed by atoms with E-state index < -0.39 is 0 Å². The molecule has 2 aliphatic rings. The number of allylic oxidation sites excluding steroid dienone is 2. The minimum atomic E-state index is -0.238. The Balaban J connectivity index is 1.53. The number of nitrogens with one attached hydrogen (secondary N) is 1. The molecule has 1 aliphatic heterocycles. The molecule has 1 fully saturated rings. The van der Waals surface area contributed by atoms with Crippen LogP contribution in [0.3, 0.4) is 0 Å². The predicted octanol–water partition coefficient (Wildman–Crippen LogP) is 2.81. The quantitative estimate of drug-likeness (QED) is 0.593. The van der Waals surface area contributed by atoms with Gasteiger partial charge in [-0.05, 0) is 51.0 Å². The van der Waals surface area contributed by atoms with Crippen LogP contribution in [-0.4, -0.2) is 42.3 Å². The Hall–Kier alpha value is -2.63. The van der Waals surface area contributed by atoms with E-state index in [1.807, 2.05) is 36.4 Å².